The van der Waals surface area contributed by atoms with Gasteiger partial charge in [-0.25, -0.2) is 0 Å². The number of halogens is 1. The van der Waals surface area contributed by atoms with E-state index in [0.29, 0.717) is 29.2 Å². The van der Waals surface area contributed by atoms with Crippen molar-refractivity contribution in [1.29, 1.82) is 0 Å². The number of benzene rings is 1. The molecule has 5 nitrogen and oxygen atoms in total. The van der Waals surface area contributed by atoms with E-state index in [2.05, 4.69) is 5.32 Å². The number of nitrogens with one attached hydrogen (secondary N) is 1. The summed E-state index contributed by atoms with van der Waals surface area (Å²) in [6.07, 6.45) is 0.555. The third-order valence-electron chi connectivity index (χ3n) is 2.52. The van der Waals surface area contributed by atoms with Crippen molar-refractivity contribution in [3.8, 4) is 0 Å². The number of hydrogen-bond donors (Lipinski definition) is 2. The summed E-state index contributed by atoms with van der Waals surface area (Å²) in [4.78, 5) is 10.2. The Morgan fingerprint density at radius 3 is 2.56 bits per heavy atom. The first-order chi connectivity index (χ1) is 8.20. The Hall–Kier alpha value is -1.33. The predicted octanol–water partition coefficient (Wildman–Crippen LogP) is 3.13. The molecule has 0 aliphatic rings. The van der Waals surface area contributed by atoms with Crippen LogP contribution in [0.25, 0.3) is 0 Å². The molecule has 0 aliphatic heterocycles. The Morgan fingerprint density at radius 2 is 2.11 bits per heavy atom. The second-order valence-electron chi connectivity index (χ2n) is 4.87. The average Bonchev–Trinajstić information content (AvgIpc) is 2.20. The molecule has 0 fully saturated rings. The summed E-state index contributed by atoms with van der Waals surface area (Å²) >= 11 is 6.00. The first kappa shape index (κ1) is 14.7. The lowest BCUT2D eigenvalue weighted by Crippen LogP contribution is -2.22. The maximum atomic E-state index is 10.7. The number of non-ortho nitro benzene ring substituents is 1. The Kier molecular flexibility index (Phi) is 4.53. The van der Waals surface area contributed by atoms with E-state index in [0.717, 1.165) is 0 Å². The molecule has 0 heterocycles. The van der Waals surface area contributed by atoms with Gasteiger partial charge < -0.3 is 10.4 Å². The normalized spacial score (nSPS) is 11.4. The molecule has 0 atom stereocenters. The summed E-state index contributed by atoms with van der Waals surface area (Å²) in [5, 5.41) is 23.7. The molecular formula is C12H17ClN2O3. The van der Waals surface area contributed by atoms with Gasteiger partial charge in [-0.15, -0.1) is 0 Å². The van der Waals surface area contributed by atoms with Crippen LogP contribution >= 0.6 is 11.6 Å². The summed E-state index contributed by atoms with van der Waals surface area (Å²) in [5.41, 5.74) is 0.607. The fourth-order valence-corrected chi connectivity index (χ4v) is 1.88. The lowest BCUT2D eigenvalue weighted by molar-refractivity contribution is -0.384. The summed E-state index contributed by atoms with van der Waals surface area (Å²) in [6.45, 7) is 5.74. The van der Waals surface area contributed by atoms with E-state index in [1.165, 1.54) is 12.1 Å². The van der Waals surface area contributed by atoms with E-state index < -0.39 is 10.5 Å². The summed E-state index contributed by atoms with van der Waals surface area (Å²) in [7, 11) is 0. The first-order valence-electron chi connectivity index (χ1n) is 5.61. The maximum Gasteiger partial charge on any atom is 0.271 e. The highest BCUT2D eigenvalue weighted by Gasteiger charge is 2.15. The van der Waals surface area contributed by atoms with E-state index in [9.17, 15) is 15.2 Å². The average molecular weight is 273 g/mol. The molecule has 18 heavy (non-hydrogen) atoms. The zero-order chi connectivity index (χ0) is 13.9. The Bertz CT molecular complexity index is 432. The molecule has 1 rings (SSSR count). The molecule has 0 aromatic heterocycles. The van der Waals surface area contributed by atoms with Crippen LogP contribution in [0, 0.1) is 17.0 Å². The van der Waals surface area contributed by atoms with Crippen molar-refractivity contribution in [2.24, 2.45) is 0 Å². The third-order valence-corrected chi connectivity index (χ3v) is 2.82. The molecule has 100 valence electrons. The zero-order valence-corrected chi connectivity index (χ0v) is 11.4. The fraction of sp³-hybridized carbons (Fsp3) is 0.500. The van der Waals surface area contributed by atoms with Gasteiger partial charge in [0.1, 0.15) is 0 Å². The number of rotatable bonds is 5. The molecule has 0 radical (unpaired) electrons. The van der Waals surface area contributed by atoms with Gasteiger partial charge in [0.25, 0.3) is 5.69 Å². The van der Waals surface area contributed by atoms with Gasteiger partial charge in [-0.2, -0.15) is 0 Å². The number of nitro groups is 1. The largest absolute Gasteiger partial charge is 0.390 e. The number of anilines is 1. The van der Waals surface area contributed by atoms with Crippen molar-refractivity contribution < 1.29 is 10.0 Å². The monoisotopic (exact) mass is 272 g/mol. The highest BCUT2D eigenvalue weighted by molar-refractivity contribution is 6.33. The number of nitro benzene ring substituents is 1. The number of nitrogens with zero attached hydrogens (tertiary/aromatic N) is 1. The summed E-state index contributed by atoms with van der Waals surface area (Å²) in [5.74, 6) is 0. The minimum atomic E-state index is -0.756. The number of hydrogen-bond acceptors (Lipinski definition) is 4. The maximum absolute atomic E-state index is 10.7. The predicted molar refractivity (Wildman–Crippen MR) is 72.2 cm³/mol. The van der Waals surface area contributed by atoms with E-state index in [4.69, 9.17) is 11.6 Å². The molecule has 6 heteroatoms. The lowest BCUT2D eigenvalue weighted by Gasteiger charge is -2.18. The van der Waals surface area contributed by atoms with Crippen LogP contribution in [-0.2, 0) is 0 Å². The molecule has 0 spiro atoms. The second kappa shape index (κ2) is 5.54. The summed E-state index contributed by atoms with van der Waals surface area (Å²) < 4.78 is 0. The van der Waals surface area contributed by atoms with Crippen molar-refractivity contribution in [2.75, 3.05) is 11.9 Å². The van der Waals surface area contributed by atoms with Gasteiger partial charge in [0, 0.05) is 18.7 Å². The smallest absolute Gasteiger partial charge is 0.271 e. The molecule has 0 unspecified atom stereocenters. The van der Waals surface area contributed by atoms with Crippen LogP contribution in [0.15, 0.2) is 12.1 Å². The molecule has 1 aromatic carbocycles. The Balaban J connectivity index is 2.81. The van der Waals surface area contributed by atoms with Gasteiger partial charge in [0.2, 0.25) is 0 Å². The van der Waals surface area contributed by atoms with Crippen LogP contribution in [0.5, 0.6) is 0 Å². The third kappa shape index (κ3) is 4.16. The van der Waals surface area contributed by atoms with E-state index in [1.807, 2.05) is 0 Å². The standard InChI is InChI=1S/C12H17ClN2O3/c1-8-6-9(15(17)18)7-10(13)11(8)14-5-4-12(2,3)16/h6-7,14,16H,4-5H2,1-3H3. The highest BCUT2D eigenvalue weighted by atomic mass is 35.5. The Morgan fingerprint density at radius 1 is 1.50 bits per heavy atom. The van der Waals surface area contributed by atoms with Crippen molar-refractivity contribution >= 4 is 23.0 Å². The van der Waals surface area contributed by atoms with Crippen molar-refractivity contribution in [3.05, 3.63) is 32.8 Å². The van der Waals surface area contributed by atoms with Gasteiger partial charge in [-0.3, -0.25) is 10.1 Å². The molecule has 1 aromatic rings. The SMILES string of the molecule is Cc1cc([N+](=O)[O-])cc(Cl)c1NCCC(C)(C)O. The topological polar surface area (TPSA) is 75.4 Å². The lowest BCUT2D eigenvalue weighted by atomic mass is 10.1. The van der Waals surface area contributed by atoms with Gasteiger partial charge in [-0.05, 0) is 32.8 Å². The minimum Gasteiger partial charge on any atom is -0.390 e. The van der Waals surface area contributed by atoms with Crippen LogP contribution < -0.4 is 5.32 Å². The van der Waals surface area contributed by atoms with Crippen LogP contribution in [0.4, 0.5) is 11.4 Å². The first-order valence-corrected chi connectivity index (χ1v) is 5.99. The second-order valence-corrected chi connectivity index (χ2v) is 5.27. The van der Waals surface area contributed by atoms with E-state index in [1.54, 1.807) is 20.8 Å². The molecular weight excluding hydrogens is 256 g/mol. The van der Waals surface area contributed by atoms with Gasteiger partial charge >= 0.3 is 0 Å². The van der Waals surface area contributed by atoms with Crippen LogP contribution in [0.3, 0.4) is 0 Å². The van der Waals surface area contributed by atoms with Gasteiger partial charge in [0.05, 0.1) is 21.2 Å². The van der Waals surface area contributed by atoms with Crippen molar-refractivity contribution in [3.63, 3.8) is 0 Å². The van der Waals surface area contributed by atoms with E-state index >= 15 is 0 Å². The number of aryl methyl sites for hydroxylation is 1. The fourth-order valence-electron chi connectivity index (χ4n) is 1.55. The molecule has 0 saturated heterocycles. The zero-order valence-electron chi connectivity index (χ0n) is 10.7. The molecule has 2 N–H and O–H groups in total. The molecule has 0 amide bonds. The van der Waals surface area contributed by atoms with E-state index in [-0.39, 0.29) is 5.69 Å². The van der Waals surface area contributed by atoms with Gasteiger partial charge in [0.15, 0.2) is 0 Å². The summed E-state index contributed by atoms with van der Waals surface area (Å²) in [6, 6.07) is 2.79. The molecule has 0 bridgehead atoms. The van der Waals surface area contributed by atoms with Crippen LogP contribution in [0.2, 0.25) is 5.02 Å². The Labute approximate surface area is 111 Å². The van der Waals surface area contributed by atoms with Crippen molar-refractivity contribution in [1.82, 2.24) is 0 Å². The minimum absolute atomic E-state index is 0.0226. The van der Waals surface area contributed by atoms with Crippen molar-refractivity contribution in [2.45, 2.75) is 32.8 Å². The quantitative estimate of drug-likeness (QED) is 0.638. The molecule has 0 saturated carbocycles. The number of aliphatic hydroxyl groups is 1. The van der Waals surface area contributed by atoms with Crippen LogP contribution in [-0.4, -0.2) is 22.2 Å². The molecule has 0 aliphatic carbocycles. The highest BCUT2D eigenvalue weighted by Crippen LogP contribution is 2.30. The van der Waals surface area contributed by atoms with Crippen LogP contribution in [0.1, 0.15) is 25.8 Å². The van der Waals surface area contributed by atoms with Gasteiger partial charge in [-0.1, -0.05) is 11.6 Å².